The summed E-state index contributed by atoms with van der Waals surface area (Å²) in [6, 6.07) is 13.7. The largest absolute Gasteiger partial charge is 0.206 e. The molecule has 0 heterocycles. The molecule has 0 atom stereocenters. The van der Waals surface area contributed by atoms with Gasteiger partial charge in [0.15, 0.2) is 11.6 Å². The van der Waals surface area contributed by atoms with Crippen LogP contribution in [0.2, 0.25) is 0 Å². The average Bonchev–Trinajstić information content (AvgIpc) is 2.81. The van der Waals surface area contributed by atoms with Crippen LogP contribution in [0.4, 0.5) is 22.0 Å². The van der Waals surface area contributed by atoms with Crippen molar-refractivity contribution in [3.05, 3.63) is 106 Å². The van der Waals surface area contributed by atoms with Gasteiger partial charge in [0.05, 0.1) is 5.56 Å². The van der Waals surface area contributed by atoms with E-state index in [0.717, 1.165) is 25.3 Å². The smallest absolute Gasteiger partial charge is 0.166 e. The monoisotopic (exact) mass is 464 g/mol. The molecular weight excluding hydrogens is 443 g/mol. The first-order valence-electron chi connectivity index (χ1n) is 11.0. The highest BCUT2D eigenvalue weighted by Crippen LogP contribution is 2.29. The van der Waals surface area contributed by atoms with E-state index in [4.69, 9.17) is 0 Å². The number of rotatable bonds is 5. The first-order chi connectivity index (χ1) is 16.4. The number of fused-ring (bicyclic) bond motifs is 1. The Balaban J connectivity index is 1.60. The van der Waals surface area contributed by atoms with Crippen LogP contribution in [0.5, 0.6) is 0 Å². The molecule has 0 saturated heterocycles. The van der Waals surface area contributed by atoms with Crippen LogP contribution in [0, 0.1) is 40.9 Å². The Kier molecular flexibility index (Phi) is 6.98. The Morgan fingerprint density at radius 3 is 2.15 bits per heavy atom. The van der Waals surface area contributed by atoms with Gasteiger partial charge in [0.25, 0.3) is 0 Å². The molecule has 0 spiro atoms. The highest BCUT2D eigenvalue weighted by molar-refractivity contribution is 5.88. The number of hydrogen-bond donors (Lipinski definition) is 0. The van der Waals surface area contributed by atoms with Crippen molar-refractivity contribution in [1.29, 1.82) is 0 Å². The van der Waals surface area contributed by atoms with Crippen LogP contribution in [0.3, 0.4) is 0 Å². The van der Waals surface area contributed by atoms with E-state index in [1.165, 1.54) is 48.5 Å². The summed E-state index contributed by atoms with van der Waals surface area (Å²) in [7, 11) is 0. The molecule has 4 aromatic rings. The van der Waals surface area contributed by atoms with Crippen LogP contribution in [0.15, 0.2) is 60.7 Å². The molecule has 0 aliphatic carbocycles. The van der Waals surface area contributed by atoms with Gasteiger partial charge in [0.2, 0.25) is 0 Å². The molecule has 0 fully saturated rings. The molecule has 0 amide bonds. The van der Waals surface area contributed by atoms with Gasteiger partial charge in [-0.15, -0.1) is 0 Å². The fourth-order valence-electron chi connectivity index (χ4n) is 3.86. The minimum atomic E-state index is -0.955. The standard InChI is InChI=1S/C29H21F5/c1-2-3-4-5-19-15-27(32)24(28(33)16-19)11-7-18-6-10-22(26(31)14-18)20-8-12-23-21(17-20)9-13-25(30)29(23)34/h6,8-10,12-17H,2-5H2,1H3. The van der Waals surface area contributed by atoms with Crippen LogP contribution in [-0.4, -0.2) is 0 Å². The second-order valence-electron chi connectivity index (χ2n) is 8.13. The summed E-state index contributed by atoms with van der Waals surface area (Å²) >= 11 is 0. The van der Waals surface area contributed by atoms with E-state index in [0.29, 0.717) is 22.9 Å². The number of aryl methyl sites for hydroxylation is 1. The van der Waals surface area contributed by atoms with Crippen molar-refractivity contribution in [1.82, 2.24) is 0 Å². The lowest BCUT2D eigenvalue weighted by atomic mass is 9.99. The number of halogens is 5. The van der Waals surface area contributed by atoms with E-state index in [1.54, 1.807) is 6.07 Å². The molecule has 0 aliphatic rings. The molecule has 0 saturated carbocycles. The lowest BCUT2D eigenvalue weighted by Gasteiger charge is -2.07. The van der Waals surface area contributed by atoms with Crippen molar-refractivity contribution in [2.24, 2.45) is 0 Å². The lowest BCUT2D eigenvalue weighted by Crippen LogP contribution is -1.95. The van der Waals surface area contributed by atoms with Gasteiger partial charge < -0.3 is 0 Å². The van der Waals surface area contributed by atoms with Crippen LogP contribution in [-0.2, 0) is 6.42 Å². The van der Waals surface area contributed by atoms with E-state index in [1.807, 2.05) is 0 Å². The average molecular weight is 464 g/mol. The third kappa shape index (κ3) is 4.97. The molecule has 34 heavy (non-hydrogen) atoms. The Morgan fingerprint density at radius 1 is 0.676 bits per heavy atom. The van der Waals surface area contributed by atoms with E-state index in [-0.39, 0.29) is 22.1 Å². The van der Waals surface area contributed by atoms with Crippen molar-refractivity contribution in [2.75, 3.05) is 0 Å². The summed E-state index contributed by atoms with van der Waals surface area (Å²) in [5.74, 6) is 1.10. The second-order valence-corrected chi connectivity index (χ2v) is 8.13. The molecule has 4 rings (SSSR count). The van der Waals surface area contributed by atoms with E-state index in [2.05, 4.69) is 18.8 Å². The van der Waals surface area contributed by atoms with Gasteiger partial charge in [-0.05, 0) is 65.8 Å². The van der Waals surface area contributed by atoms with Crippen molar-refractivity contribution in [3.8, 4) is 23.0 Å². The van der Waals surface area contributed by atoms with Gasteiger partial charge >= 0.3 is 0 Å². The summed E-state index contributed by atoms with van der Waals surface area (Å²) in [6.07, 6.45) is 3.46. The molecule has 0 unspecified atom stereocenters. The fourth-order valence-corrected chi connectivity index (χ4v) is 3.86. The molecule has 0 aliphatic heterocycles. The molecule has 0 nitrogen and oxygen atoms in total. The molecule has 5 heteroatoms. The summed E-state index contributed by atoms with van der Waals surface area (Å²) < 4.78 is 71.0. The Labute approximate surface area is 195 Å². The van der Waals surface area contributed by atoms with Gasteiger partial charge in [-0.3, -0.25) is 0 Å². The highest BCUT2D eigenvalue weighted by Gasteiger charge is 2.12. The molecule has 172 valence electrons. The first kappa shape index (κ1) is 23.5. The lowest BCUT2D eigenvalue weighted by molar-refractivity contribution is 0.517. The van der Waals surface area contributed by atoms with Crippen LogP contribution < -0.4 is 0 Å². The van der Waals surface area contributed by atoms with Crippen LogP contribution in [0.1, 0.15) is 42.9 Å². The third-order valence-corrected chi connectivity index (χ3v) is 5.69. The number of unbranched alkanes of at least 4 members (excludes halogenated alkanes) is 2. The van der Waals surface area contributed by atoms with Crippen molar-refractivity contribution in [3.63, 3.8) is 0 Å². The second kappa shape index (κ2) is 10.1. The Bertz CT molecular complexity index is 1400. The topological polar surface area (TPSA) is 0 Å². The van der Waals surface area contributed by atoms with Crippen LogP contribution >= 0.6 is 0 Å². The van der Waals surface area contributed by atoms with Gasteiger partial charge in [0, 0.05) is 16.5 Å². The Hall–Kier alpha value is -3.65. The maximum atomic E-state index is 14.8. The van der Waals surface area contributed by atoms with Gasteiger partial charge in [-0.2, -0.15) is 0 Å². The zero-order chi connectivity index (χ0) is 24.2. The number of hydrogen-bond acceptors (Lipinski definition) is 0. The summed E-state index contributed by atoms with van der Waals surface area (Å²) in [5, 5.41) is 0.538. The zero-order valence-electron chi connectivity index (χ0n) is 18.5. The van der Waals surface area contributed by atoms with Crippen molar-refractivity contribution < 1.29 is 22.0 Å². The molecule has 0 radical (unpaired) electrons. The fraction of sp³-hybridized carbons (Fsp3) is 0.172. The van der Waals surface area contributed by atoms with Gasteiger partial charge in [-0.25, -0.2) is 22.0 Å². The van der Waals surface area contributed by atoms with E-state index < -0.39 is 29.1 Å². The zero-order valence-corrected chi connectivity index (χ0v) is 18.5. The number of benzene rings is 4. The first-order valence-corrected chi connectivity index (χ1v) is 11.0. The maximum absolute atomic E-state index is 14.8. The summed E-state index contributed by atoms with van der Waals surface area (Å²) in [4.78, 5) is 0. The van der Waals surface area contributed by atoms with E-state index in [9.17, 15) is 22.0 Å². The van der Waals surface area contributed by atoms with Gasteiger partial charge in [0.1, 0.15) is 17.5 Å². The van der Waals surface area contributed by atoms with E-state index >= 15 is 0 Å². The van der Waals surface area contributed by atoms with Crippen molar-refractivity contribution in [2.45, 2.75) is 32.6 Å². The normalized spacial score (nSPS) is 10.9. The predicted molar refractivity (Wildman–Crippen MR) is 125 cm³/mol. The van der Waals surface area contributed by atoms with Gasteiger partial charge in [-0.1, -0.05) is 55.9 Å². The quantitative estimate of drug-likeness (QED) is 0.158. The minimum Gasteiger partial charge on any atom is -0.206 e. The summed E-state index contributed by atoms with van der Waals surface area (Å²) in [6.45, 7) is 2.06. The van der Waals surface area contributed by atoms with Crippen LogP contribution in [0.25, 0.3) is 21.9 Å². The van der Waals surface area contributed by atoms with Crippen molar-refractivity contribution >= 4 is 10.8 Å². The summed E-state index contributed by atoms with van der Waals surface area (Å²) in [5.41, 5.74) is 1.20. The minimum absolute atomic E-state index is 0.104. The molecule has 0 N–H and O–H groups in total. The molecule has 0 aromatic heterocycles. The predicted octanol–water partition coefficient (Wildman–Crippen LogP) is 8.33. The Morgan fingerprint density at radius 2 is 1.44 bits per heavy atom. The maximum Gasteiger partial charge on any atom is 0.166 e. The SMILES string of the molecule is CCCCCc1cc(F)c(C#Cc2ccc(-c3ccc4c(F)c(F)ccc4c3)c(F)c2)c(F)c1. The third-order valence-electron chi connectivity index (χ3n) is 5.69. The highest BCUT2D eigenvalue weighted by atomic mass is 19.2. The molecule has 4 aromatic carbocycles. The molecular formula is C29H21F5. The molecule has 0 bridgehead atoms.